The SMILES string of the molecule is Nc1nn(Cc2ccc(Cl)s2)cc1Br. The maximum Gasteiger partial charge on any atom is 0.159 e. The Labute approximate surface area is 98.6 Å². The van der Waals surface area contributed by atoms with E-state index in [2.05, 4.69) is 21.0 Å². The number of nitrogen functional groups attached to an aromatic ring is 1. The molecule has 0 radical (unpaired) electrons. The van der Waals surface area contributed by atoms with E-state index < -0.39 is 0 Å². The van der Waals surface area contributed by atoms with Gasteiger partial charge >= 0.3 is 0 Å². The molecular formula is C8H7BrClN3S. The summed E-state index contributed by atoms with van der Waals surface area (Å²) in [5, 5.41) is 4.13. The monoisotopic (exact) mass is 291 g/mol. The molecule has 0 fully saturated rings. The standard InChI is InChI=1S/C8H7BrClN3S/c9-6-4-13(12-8(6)11)3-5-1-2-7(10)14-5/h1-2,4H,3H2,(H2,11,12). The van der Waals surface area contributed by atoms with E-state index in [0.717, 1.165) is 13.7 Å². The van der Waals surface area contributed by atoms with Crippen molar-refractivity contribution in [3.05, 3.63) is 32.0 Å². The summed E-state index contributed by atoms with van der Waals surface area (Å²) in [6.07, 6.45) is 1.85. The van der Waals surface area contributed by atoms with Crippen molar-refractivity contribution in [2.45, 2.75) is 6.54 Å². The van der Waals surface area contributed by atoms with Gasteiger partial charge in [0.05, 0.1) is 15.4 Å². The number of nitrogens with two attached hydrogens (primary N) is 1. The van der Waals surface area contributed by atoms with E-state index in [1.807, 2.05) is 18.3 Å². The molecule has 14 heavy (non-hydrogen) atoms. The van der Waals surface area contributed by atoms with E-state index in [9.17, 15) is 0 Å². The minimum atomic E-state index is 0.507. The summed E-state index contributed by atoms with van der Waals surface area (Å²) < 4.78 is 3.39. The van der Waals surface area contributed by atoms with Crippen molar-refractivity contribution < 1.29 is 0 Å². The zero-order chi connectivity index (χ0) is 10.1. The molecule has 2 heterocycles. The average Bonchev–Trinajstić information content (AvgIpc) is 2.62. The Morgan fingerprint density at radius 3 is 2.86 bits per heavy atom. The molecule has 3 nitrogen and oxygen atoms in total. The lowest BCUT2D eigenvalue weighted by molar-refractivity contribution is 0.698. The van der Waals surface area contributed by atoms with E-state index in [0.29, 0.717) is 12.4 Å². The number of thiophene rings is 1. The van der Waals surface area contributed by atoms with Crippen LogP contribution in [-0.2, 0) is 6.54 Å². The number of nitrogens with zero attached hydrogens (tertiary/aromatic N) is 2. The lowest BCUT2D eigenvalue weighted by atomic mass is 10.5. The van der Waals surface area contributed by atoms with Crippen molar-refractivity contribution in [3.8, 4) is 0 Å². The Morgan fingerprint density at radius 1 is 1.57 bits per heavy atom. The third-order valence-corrected chi connectivity index (χ3v) is 3.52. The topological polar surface area (TPSA) is 43.8 Å². The van der Waals surface area contributed by atoms with Gasteiger partial charge in [0.1, 0.15) is 0 Å². The number of aromatic nitrogens is 2. The highest BCUT2D eigenvalue weighted by atomic mass is 79.9. The van der Waals surface area contributed by atoms with Crippen LogP contribution in [0.25, 0.3) is 0 Å². The predicted octanol–water partition coefficient (Wildman–Crippen LogP) is 2.99. The molecule has 2 N–H and O–H groups in total. The zero-order valence-corrected chi connectivity index (χ0v) is 10.2. The number of halogens is 2. The molecule has 0 aliphatic rings. The molecule has 0 aliphatic heterocycles. The molecule has 0 aromatic carbocycles. The van der Waals surface area contributed by atoms with Gasteiger partial charge in [0, 0.05) is 11.1 Å². The molecule has 0 spiro atoms. The molecule has 0 aliphatic carbocycles. The lowest BCUT2D eigenvalue weighted by Gasteiger charge is -1.96. The third-order valence-electron chi connectivity index (χ3n) is 1.69. The summed E-state index contributed by atoms with van der Waals surface area (Å²) in [5.74, 6) is 0.507. The van der Waals surface area contributed by atoms with E-state index in [-0.39, 0.29) is 0 Å². The van der Waals surface area contributed by atoms with Crippen LogP contribution < -0.4 is 5.73 Å². The Kier molecular flexibility index (Phi) is 2.80. The second-order valence-corrected chi connectivity index (χ2v) is 5.42. The first-order valence-electron chi connectivity index (χ1n) is 3.88. The molecule has 0 atom stereocenters. The van der Waals surface area contributed by atoms with Crippen LogP contribution >= 0.6 is 38.9 Å². The molecule has 0 saturated heterocycles. The summed E-state index contributed by atoms with van der Waals surface area (Å²) in [6.45, 7) is 0.702. The fraction of sp³-hybridized carbons (Fsp3) is 0.125. The molecule has 0 saturated carbocycles. The fourth-order valence-electron chi connectivity index (χ4n) is 1.09. The van der Waals surface area contributed by atoms with Crippen molar-refractivity contribution in [2.24, 2.45) is 0 Å². The van der Waals surface area contributed by atoms with Gasteiger partial charge in [-0.3, -0.25) is 4.68 Å². The van der Waals surface area contributed by atoms with Crippen LogP contribution in [0.5, 0.6) is 0 Å². The van der Waals surface area contributed by atoms with Crippen LogP contribution in [-0.4, -0.2) is 9.78 Å². The van der Waals surface area contributed by atoms with Gasteiger partial charge in [-0.1, -0.05) is 11.6 Å². The molecule has 0 bridgehead atoms. The number of hydrogen-bond acceptors (Lipinski definition) is 3. The lowest BCUT2D eigenvalue weighted by Crippen LogP contribution is -1.99. The van der Waals surface area contributed by atoms with Crippen LogP contribution in [0.3, 0.4) is 0 Å². The predicted molar refractivity (Wildman–Crippen MR) is 62.8 cm³/mol. The van der Waals surface area contributed by atoms with E-state index in [4.69, 9.17) is 17.3 Å². The van der Waals surface area contributed by atoms with Crippen molar-refractivity contribution in [1.29, 1.82) is 0 Å². The maximum atomic E-state index is 5.82. The molecule has 2 aromatic heterocycles. The summed E-state index contributed by atoms with van der Waals surface area (Å²) in [7, 11) is 0. The largest absolute Gasteiger partial charge is 0.381 e. The first-order valence-corrected chi connectivity index (χ1v) is 5.86. The second-order valence-electron chi connectivity index (χ2n) is 2.77. The van der Waals surface area contributed by atoms with Gasteiger partial charge in [0.15, 0.2) is 5.82 Å². The highest BCUT2D eigenvalue weighted by Crippen LogP contribution is 2.23. The normalized spacial score (nSPS) is 10.7. The van der Waals surface area contributed by atoms with Crippen LogP contribution in [0, 0.1) is 0 Å². The number of rotatable bonds is 2. The van der Waals surface area contributed by atoms with E-state index in [1.54, 1.807) is 16.0 Å². The second kappa shape index (κ2) is 3.92. The molecule has 2 rings (SSSR count). The van der Waals surface area contributed by atoms with Gasteiger partial charge in [-0.25, -0.2) is 0 Å². The highest BCUT2D eigenvalue weighted by Gasteiger charge is 2.04. The first kappa shape index (κ1) is 10.0. The third kappa shape index (κ3) is 2.10. The zero-order valence-electron chi connectivity index (χ0n) is 7.08. The summed E-state index contributed by atoms with van der Waals surface area (Å²) in [4.78, 5) is 1.16. The molecule has 6 heteroatoms. The highest BCUT2D eigenvalue weighted by molar-refractivity contribution is 9.10. The Morgan fingerprint density at radius 2 is 2.36 bits per heavy atom. The fourth-order valence-corrected chi connectivity index (χ4v) is 2.48. The quantitative estimate of drug-likeness (QED) is 0.925. The Bertz CT molecular complexity index is 432. The molecule has 2 aromatic rings. The van der Waals surface area contributed by atoms with Crippen molar-refractivity contribution in [3.63, 3.8) is 0 Å². The molecular weight excluding hydrogens is 286 g/mol. The van der Waals surface area contributed by atoms with E-state index in [1.165, 1.54) is 0 Å². The summed E-state index contributed by atoms with van der Waals surface area (Å²) in [6, 6.07) is 3.86. The molecule has 0 amide bonds. The van der Waals surface area contributed by atoms with Gasteiger partial charge in [-0.2, -0.15) is 5.10 Å². The smallest absolute Gasteiger partial charge is 0.159 e. The van der Waals surface area contributed by atoms with Gasteiger partial charge in [-0.15, -0.1) is 11.3 Å². The van der Waals surface area contributed by atoms with Gasteiger partial charge in [-0.05, 0) is 28.1 Å². The van der Waals surface area contributed by atoms with Crippen molar-refractivity contribution >= 4 is 44.7 Å². The Balaban J connectivity index is 2.18. The van der Waals surface area contributed by atoms with Crippen LogP contribution in [0.4, 0.5) is 5.82 Å². The number of anilines is 1. The minimum Gasteiger partial charge on any atom is -0.381 e. The average molecular weight is 293 g/mol. The molecule has 74 valence electrons. The maximum absolute atomic E-state index is 5.82. The minimum absolute atomic E-state index is 0.507. The summed E-state index contributed by atoms with van der Waals surface area (Å²) in [5.41, 5.74) is 5.60. The van der Waals surface area contributed by atoms with Gasteiger partial charge in [0.2, 0.25) is 0 Å². The van der Waals surface area contributed by atoms with Crippen LogP contribution in [0.15, 0.2) is 22.8 Å². The van der Waals surface area contributed by atoms with Gasteiger partial charge < -0.3 is 5.73 Å². The van der Waals surface area contributed by atoms with Crippen LogP contribution in [0.1, 0.15) is 4.88 Å². The van der Waals surface area contributed by atoms with Crippen molar-refractivity contribution in [2.75, 3.05) is 5.73 Å². The Hall–Kier alpha value is -0.520. The van der Waals surface area contributed by atoms with Gasteiger partial charge in [0.25, 0.3) is 0 Å². The van der Waals surface area contributed by atoms with Crippen LogP contribution in [0.2, 0.25) is 4.34 Å². The molecule has 0 unspecified atom stereocenters. The number of hydrogen-bond donors (Lipinski definition) is 1. The van der Waals surface area contributed by atoms with Crippen molar-refractivity contribution in [1.82, 2.24) is 9.78 Å². The summed E-state index contributed by atoms with van der Waals surface area (Å²) >= 11 is 10.7. The first-order chi connectivity index (χ1) is 6.65. The van der Waals surface area contributed by atoms with E-state index >= 15 is 0 Å².